The van der Waals surface area contributed by atoms with E-state index in [0.29, 0.717) is 40.7 Å². The third-order valence-corrected chi connectivity index (χ3v) is 5.61. The molecule has 0 aliphatic heterocycles. The van der Waals surface area contributed by atoms with Crippen LogP contribution in [0.1, 0.15) is 44.7 Å². The Labute approximate surface area is 199 Å². The van der Waals surface area contributed by atoms with Gasteiger partial charge in [-0.05, 0) is 55.2 Å². The number of hydrogen-bond acceptors (Lipinski definition) is 5. The molecule has 0 atom stereocenters. The van der Waals surface area contributed by atoms with Crippen LogP contribution in [0.3, 0.4) is 0 Å². The molecule has 0 spiro atoms. The van der Waals surface area contributed by atoms with Crippen molar-refractivity contribution in [2.24, 2.45) is 0 Å². The van der Waals surface area contributed by atoms with Crippen molar-refractivity contribution in [3.63, 3.8) is 0 Å². The van der Waals surface area contributed by atoms with Crippen LogP contribution < -0.4 is 24.8 Å². The molecule has 2 amide bonds. The second-order valence-electron chi connectivity index (χ2n) is 8.22. The van der Waals surface area contributed by atoms with E-state index in [1.54, 1.807) is 24.3 Å². The van der Waals surface area contributed by atoms with Crippen molar-refractivity contribution in [1.29, 1.82) is 0 Å². The van der Waals surface area contributed by atoms with Crippen molar-refractivity contribution in [1.82, 2.24) is 5.32 Å². The molecule has 1 aliphatic carbocycles. The van der Waals surface area contributed by atoms with Crippen molar-refractivity contribution < 1.29 is 23.8 Å². The maximum atomic E-state index is 13.1. The van der Waals surface area contributed by atoms with Gasteiger partial charge in [-0.3, -0.25) is 9.59 Å². The van der Waals surface area contributed by atoms with E-state index in [1.165, 1.54) is 14.2 Å². The summed E-state index contributed by atoms with van der Waals surface area (Å²) in [4.78, 5) is 25.5. The van der Waals surface area contributed by atoms with E-state index in [0.717, 1.165) is 24.0 Å². The Hall–Kier alpha value is -4.00. The fourth-order valence-electron chi connectivity index (χ4n) is 3.47. The average Bonchev–Trinajstić information content (AvgIpc) is 3.68. The highest BCUT2D eigenvalue weighted by molar-refractivity contribution is 6.06. The van der Waals surface area contributed by atoms with Crippen LogP contribution in [-0.4, -0.2) is 32.1 Å². The van der Waals surface area contributed by atoms with Crippen molar-refractivity contribution >= 4 is 17.5 Å². The Morgan fingerprint density at radius 3 is 2.18 bits per heavy atom. The third kappa shape index (κ3) is 5.49. The van der Waals surface area contributed by atoms with E-state index in [-0.39, 0.29) is 17.9 Å². The second-order valence-corrected chi connectivity index (χ2v) is 8.22. The fourth-order valence-corrected chi connectivity index (χ4v) is 3.47. The molecule has 7 heteroatoms. The smallest absolute Gasteiger partial charge is 0.255 e. The Balaban J connectivity index is 1.54. The Bertz CT molecular complexity index is 1160. The molecule has 0 aromatic heterocycles. The first kappa shape index (κ1) is 23.2. The van der Waals surface area contributed by atoms with Gasteiger partial charge >= 0.3 is 0 Å². The van der Waals surface area contributed by atoms with Gasteiger partial charge in [-0.2, -0.15) is 0 Å². The lowest BCUT2D eigenvalue weighted by Crippen LogP contribution is -2.25. The van der Waals surface area contributed by atoms with Crippen LogP contribution in [0.4, 0.5) is 5.69 Å². The zero-order chi connectivity index (χ0) is 24.1. The molecule has 0 radical (unpaired) electrons. The van der Waals surface area contributed by atoms with Gasteiger partial charge in [-0.15, -0.1) is 0 Å². The van der Waals surface area contributed by atoms with Crippen LogP contribution in [0.5, 0.6) is 17.2 Å². The number of benzene rings is 3. The average molecular weight is 461 g/mol. The summed E-state index contributed by atoms with van der Waals surface area (Å²) in [5.74, 6) is 0.695. The summed E-state index contributed by atoms with van der Waals surface area (Å²) in [6.07, 6.45) is 2.02. The van der Waals surface area contributed by atoms with Crippen LogP contribution in [0.2, 0.25) is 0 Å². The predicted molar refractivity (Wildman–Crippen MR) is 130 cm³/mol. The molecule has 0 heterocycles. The Morgan fingerprint density at radius 1 is 0.882 bits per heavy atom. The lowest BCUT2D eigenvalue weighted by atomic mass is 10.1. The Morgan fingerprint density at radius 2 is 1.56 bits per heavy atom. The monoisotopic (exact) mass is 460 g/mol. The van der Waals surface area contributed by atoms with E-state index in [2.05, 4.69) is 10.6 Å². The number of nitrogens with one attached hydrogen (secondary N) is 2. The largest absolute Gasteiger partial charge is 0.493 e. The molecule has 1 saturated carbocycles. The molecule has 176 valence electrons. The van der Waals surface area contributed by atoms with Gasteiger partial charge in [0.2, 0.25) is 5.75 Å². The zero-order valence-corrected chi connectivity index (χ0v) is 19.5. The van der Waals surface area contributed by atoms with Crippen molar-refractivity contribution in [2.75, 3.05) is 19.5 Å². The minimum absolute atomic E-state index is 0.138. The van der Waals surface area contributed by atoms with Crippen molar-refractivity contribution in [2.45, 2.75) is 32.4 Å². The minimum atomic E-state index is -0.353. The summed E-state index contributed by atoms with van der Waals surface area (Å²) in [5.41, 5.74) is 3.25. The summed E-state index contributed by atoms with van der Waals surface area (Å²) < 4.78 is 17.0. The number of anilines is 1. The van der Waals surface area contributed by atoms with Crippen LogP contribution in [0.25, 0.3) is 0 Å². The SMILES string of the molecule is COc1cc(C(=O)Nc2cc(C(=O)NC3CC3)ccc2C)cc(OC)c1OCc1ccccc1. The number of carbonyl (C=O) groups is 2. The van der Waals surface area contributed by atoms with Crippen LogP contribution in [0.15, 0.2) is 60.7 Å². The molecule has 0 unspecified atom stereocenters. The van der Waals surface area contributed by atoms with Crippen LogP contribution in [-0.2, 0) is 6.61 Å². The van der Waals surface area contributed by atoms with Crippen molar-refractivity contribution in [3.8, 4) is 17.2 Å². The zero-order valence-electron chi connectivity index (χ0n) is 19.5. The number of ether oxygens (including phenoxy) is 3. The lowest BCUT2D eigenvalue weighted by molar-refractivity contribution is 0.0949. The molecule has 3 aromatic rings. The molecule has 34 heavy (non-hydrogen) atoms. The van der Waals surface area contributed by atoms with Gasteiger partial charge in [0.1, 0.15) is 6.61 Å². The Kier molecular flexibility index (Phi) is 7.01. The number of amides is 2. The standard InChI is InChI=1S/C27H28N2O5/c1-17-9-10-19(26(30)28-21-11-12-21)13-22(17)29-27(31)20-14-23(32-2)25(24(15-20)33-3)34-16-18-7-5-4-6-8-18/h4-10,13-15,21H,11-12,16H2,1-3H3,(H,28,30)(H,29,31). The van der Waals surface area contributed by atoms with Crippen molar-refractivity contribution in [3.05, 3.63) is 82.9 Å². The normalized spacial score (nSPS) is 12.6. The third-order valence-electron chi connectivity index (χ3n) is 5.61. The van der Waals surface area contributed by atoms with Gasteiger partial charge in [0, 0.05) is 22.9 Å². The first-order valence-corrected chi connectivity index (χ1v) is 11.1. The number of methoxy groups -OCH3 is 2. The molecule has 7 nitrogen and oxygen atoms in total. The summed E-state index contributed by atoms with van der Waals surface area (Å²) in [6, 6.07) is 18.5. The molecule has 3 aromatic carbocycles. The maximum absolute atomic E-state index is 13.1. The topological polar surface area (TPSA) is 85.9 Å². The number of hydrogen-bond donors (Lipinski definition) is 2. The van der Waals surface area contributed by atoms with E-state index in [9.17, 15) is 9.59 Å². The quantitative estimate of drug-likeness (QED) is 0.482. The van der Waals surface area contributed by atoms with Crippen LogP contribution >= 0.6 is 0 Å². The van der Waals surface area contributed by atoms with E-state index < -0.39 is 0 Å². The molecule has 4 rings (SSSR count). The predicted octanol–water partition coefficient (Wildman–Crippen LogP) is 4.74. The number of carbonyl (C=O) groups excluding carboxylic acids is 2. The molecule has 0 bridgehead atoms. The fraction of sp³-hybridized carbons (Fsp3) is 0.259. The molecular formula is C27H28N2O5. The summed E-state index contributed by atoms with van der Waals surface area (Å²) in [5, 5.41) is 5.86. The van der Waals surface area contributed by atoms with Gasteiger partial charge in [-0.1, -0.05) is 36.4 Å². The summed E-state index contributed by atoms with van der Waals surface area (Å²) in [6.45, 7) is 2.20. The second kappa shape index (κ2) is 10.3. The summed E-state index contributed by atoms with van der Waals surface area (Å²) in [7, 11) is 3.02. The lowest BCUT2D eigenvalue weighted by Gasteiger charge is -2.17. The molecular weight excluding hydrogens is 432 g/mol. The summed E-state index contributed by atoms with van der Waals surface area (Å²) >= 11 is 0. The van der Waals surface area contributed by atoms with Gasteiger partial charge in [0.05, 0.1) is 14.2 Å². The molecule has 1 aliphatic rings. The highest BCUT2D eigenvalue weighted by atomic mass is 16.5. The first-order chi connectivity index (χ1) is 16.5. The van der Waals surface area contributed by atoms with Crippen LogP contribution in [0, 0.1) is 6.92 Å². The van der Waals surface area contributed by atoms with Gasteiger partial charge in [-0.25, -0.2) is 0 Å². The maximum Gasteiger partial charge on any atom is 0.255 e. The minimum Gasteiger partial charge on any atom is -0.493 e. The number of rotatable bonds is 9. The highest BCUT2D eigenvalue weighted by Crippen LogP contribution is 2.39. The van der Waals surface area contributed by atoms with E-state index in [4.69, 9.17) is 14.2 Å². The van der Waals surface area contributed by atoms with Gasteiger partial charge in [0.15, 0.2) is 11.5 Å². The molecule has 0 saturated heterocycles. The van der Waals surface area contributed by atoms with Gasteiger partial charge < -0.3 is 24.8 Å². The molecule has 2 N–H and O–H groups in total. The van der Waals surface area contributed by atoms with Gasteiger partial charge in [0.25, 0.3) is 11.8 Å². The van der Waals surface area contributed by atoms with E-state index >= 15 is 0 Å². The van der Waals surface area contributed by atoms with E-state index in [1.807, 2.05) is 43.3 Å². The molecule has 1 fully saturated rings. The number of aryl methyl sites for hydroxylation is 1. The highest BCUT2D eigenvalue weighted by Gasteiger charge is 2.24. The first-order valence-electron chi connectivity index (χ1n) is 11.1.